The molecule has 0 spiro atoms. The molecule has 42 heavy (non-hydrogen) atoms. The van der Waals surface area contributed by atoms with Crippen LogP contribution in [0.5, 0.6) is 0 Å². The largest absolute Gasteiger partial charge is 0.254 e. The third kappa shape index (κ3) is 4.18. The van der Waals surface area contributed by atoms with E-state index in [1.165, 1.54) is 0 Å². The third-order valence-electron chi connectivity index (χ3n) is 7.70. The van der Waals surface area contributed by atoms with Crippen molar-refractivity contribution in [2.24, 2.45) is 0 Å². The van der Waals surface area contributed by atoms with E-state index in [2.05, 4.69) is 102 Å². The predicted molar refractivity (Wildman–Crippen MR) is 172 cm³/mol. The van der Waals surface area contributed by atoms with Crippen LogP contribution in [0.25, 0.3) is 77.7 Å². The summed E-state index contributed by atoms with van der Waals surface area (Å²) < 4.78 is 0. The summed E-state index contributed by atoms with van der Waals surface area (Å²) in [5.74, 6) is 0. The summed E-state index contributed by atoms with van der Waals surface area (Å²) in [5.41, 5.74) is 11.5. The minimum absolute atomic E-state index is 0.850. The molecule has 0 aliphatic heterocycles. The van der Waals surface area contributed by atoms with Crippen molar-refractivity contribution in [2.45, 2.75) is 0 Å². The van der Waals surface area contributed by atoms with E-state index in [0.29, 0.717) is 0 Å². The van der Waals surface area contributed by atoms with Crippen LogP contribution in [0, 0.1) is 0 Å². The quantitative estimate of drug-likeness (QED) is 0.210. The Labute approximate surface area is 243 Å². The average molecular weight is 537 g/mol. The van der Waals surface area contributed by atoms with Gasteiger partial charge in [0.25, 0.3) is 0 Å². The Kier molecular flexibility index (Phi) is 5.75. The van der Waals surface area contributed by atoms with Crippen LogP contribution < -0.4 is 0 Å². The number of hydrogen-bond acceptors (Lipinski definition) is 4. The van der Waals surface area contributed by atoms with E-state index in [1.54, 1.807) is 0 Å². The molecule has 0 atom stereocenters. The first-order valence-corrected chi connectivity index (χ1v) is 14.0. The zero-order chi connectivity index (χ0) is 27.9. The van der Waals surface area contributed by atoms with Crippen LogP contribution in [-0.2, 0) is 0 Å². The lowest BCUT2D eigenvalue weighted by Crippen LogP contribution is -1.96. The molecule has 0 fully saturated rings. The number of hydrogen-bond donors (Lipinski definition) is 0. The first-order valence-electron chi connectivity index (χ1n) is 14.0. The molecule has 0 unspecified atom stereocenters. The Morgan fingerprint density at radius 1 is 0.381 bits per heavy atom. The van der Waals surface area contributed by atoms with Gasteiger partial charge in [0.05, 0.1) is 39.1 Å². The summed E-state index contributed by atoms with van der Waals surface area (Å²) in [4.78, 5) is 20.1. The minimum Gasteiger partial charge on any atom is -0.254 e. The second kappa shape index (κ2) is 10.0. The maximum atomic E-state index is 5.20. The molecule has 0 amide bonds. The Morgan fingerprint density at radius 3 is 1.74 bits per heavy atom. The summed E-state index contributed by atoms with van der Waals surface area (Å²) >= 11 is 0. The lowest BCUT2D eigenvalue weighted by molar-refractivity contribution is 1.29. The molecule has 0 radical (unpaired) electrons. The molecular formula is C38H24N4. The number of fused-ring (bicyclic) bond motifs is 4. The highest BCUT2D eigenvalue weighted by molar-refractivity contribution is 6.03. The molecule has 8 aromatic rings. The molecule has 0 bridgehead atoms. The lowest BCUT2D eigenvalue weighted by Gasteiger charge is -2.13. The highest BCUT2D eigenvalue weighted by atomic mass is 14.8. The molecule has 0 aliphatic rings. The van der Waals surface area contributed by atoms with Crippen molar-refractivity contribution in [1.82, 2.24) is 19.9 Å². The third-order valence-corrected chi connectivity index (χ3v) is 7.70. The first-order chi connectivity index (χ1) is 20.8. The Balaban J connectivity index is 1.30. The van der Waals surface area contributed by atoms with Gasteiger partial charge in [0.2, 0.25) is 0 Å². The van der Waals surface area contributed by atoms with Gasteiger partial charge >= 0.3 is 0 Å². The van der Waals surface area contributed by atoms with Crippen molar-refractivity contribution < 1.29 is 0 Å². The van der Waals surface area contributed by atoms with E-state index >= 15 is 0 Å². The van der Waals surface area contributed by atoms with Crippen molar-refractivity contribution in [2.75, 3.05) is 0 Å². The fourth-order valence-corrected chi connectivity index (χ4v) is 5.65. The van der Waals surface area contributed by atoms with E-state index in [-0.39, 0.29) is 0 Å². The Morgan fingerprint density at radius 2 is 1.00 bits per heavy atom. The van der Waals surface area contributed by atoms with Gasteiger partial charge in [-0.25, -0.2) is 15.0 Å². The van der Waals surface area contributed by atoms with Crippen LogP contribution in [0.1, 0.15) is 0 Å². The molecule has 5 aromatic carbocycles. The van der Waals surface area contributed by atoms with Crippen molar-refractivity contribution in [3.63, 3.8) is 0 Å². The van der Waals surface area contributed by atoms with Gasteiger partial charge in [-0.05, 0) is 35.4 Å². The van der Waals surface area contributed by atoms with E-state index in [9.17, 15) is 0 Å². The second-order valence-electron chi connectivity index (χ2n) is 10.3. The Bertz CT molecular complexity index is 2240. The lowest BCUT2D eigenvalue weighted by atomic mass is 9.96. The zero-order valence-electron chi connectivity index (χ0n) is 22.6. The van der Waals surface area contributed by atoms with Crippen molar-refractivity contribution in [3.05, 3.63) is 146 Å². The Hall–Kier alpha value is -5.74. The standard InChI is InChI=1S/C38H24N4/c1-3-10-25(11-4-1)37-38(26-12-5-2-6-13-26)42-34-24-29(20-22-33(34)41-37)30-15-7-8-16-31(30)32-21-19-28-18-17-27-14-9-23-39-35(27)36(28)40-32/h1-24H. The van der Waals surface area contributed by atoms with Gasteiger partial charge < -0.3 is 0 Å². The van der Waals surface area contributed by atoms with E-state index < -0.39 is 0 Å². The van der Waals surface area contributed by atoms with Gasteiger partial charge in [0.1, 0.15) is 0 Å². The van der Waals surface area contributed by atoms with Crippen LogP contribution in [0.3, 0.4) is 0 Å². The average Bonchev–Trinajstić information content (AvgIpc) is 3.08. The first kappa shape index (κ1) is 24.1. The van der Waals surface area contributed by atoms with Crippen LogP contribution >= 0.6 is 0 Å². The molecule has 0 N–H and O–H groups in total. The van der Waals surface area contributed by atoms with Gasteiger partial charge in [-0.15, -0.1) is 0 Å². The topological polar surface area (TPSA) is 51.6 Å². The van der Waals surface area contributed by atoms with Gasteiger partial charge in [-0.1, -0.05) is 115 Å². The van der Waals surface area contributed by atoms with Crippen LogP contribution in [0.15, 0.2) is 146 Å². The SMILES string of the molecule is c1ccc(-c2nc3ccc(-c4ccccc4-c4ccc5ccc6cccnc6c5n4)cc3nc2-c2ccccc2)cc1. The van der Waals surface area contributed by atoms with Gasteiger partial charge in [-0.3, -0.25) is 4.98 Å². The molecule has 4 heteroatoms. The smallest absolute Gasteiger partial charge is 0.0973 e. The molecule has 3 aromatic heterocycles. The predicted octanol–water partition coefficient (Wildman–Crippen LogP) is 9.39. The number of pyridine rings is 2. The molecule has 0 saturated heterocycles. The van der Waals surface area contributed by atoms with Crippen molar-refractivity contribution >= 4 is 32.8 Å². The summed E-state index contributed by atoms with van der Waals surface area (Å²) in [6, 6.07) is 47.8. The van der Waals surface area contributed by atoms with E-state index in [0.717, 1.165) is 77.7 Å². The minimum atomic E-state index is 0.850. The van der Waals surface area contributed by atoms with Crippen LogP contribution in [-0.4, -0.2) is 19.9 Å². The highest BCUT2D eigenvalue weighted by Gasteiger charge is 2.15. The molecule has 4 nitrogen and oxygen atoms in total. The molecule has 196 valence electrons. The van der Waals surface area contributed by atoms with Crippen LogP contribution in [0.4, 0.5) is 0 Å². The number of nitrogens with zero attached hydrogens (tertiary/aromatic N) is 4. The van der Waals surface area contributed by atoms with Crippen LogP contribution in [0.2, 0.25) is 0 Å². The monoisotopic (exact) mass is 536 g/mol. The maximum absolute atomic E-state index is 5.20. The molecule has 0 saturated carbocycles. The van der Waals surface area contributed by atoms with Gasteiger partial charge in [-0.2, -0.15) is 0 Å². The highest BCUT2D eigenvalue weighted by Crippen LogP contribution is 2.36. The van der Waals surface area contributed by atoms with E-state index in [4.69, 9.17) is 15.0 Å². The molecule has 3 heterocycles. The number of rotatable bonds is 4. The number of benzene rings is 5. The second-order valence-corrected chi connectivity index (χ2v) is 10.3. The van der Waals surface area contributed by atoms with Gasteiger partial charge in [0, 0.05) is 33.7 Å². The zero-order valence-corrected chi connectivity index (χ0v) is 22.6. The normalized spacial score (nSPS) is 11.3. The summed E-state index contributed by atoms with van der Waals surface area (Å²) in [7, 11) is 0. The summed E-state index contributed by atoms with van der Waals surface area (Å²) in [5, 5.41) is 2.16. The van der Waals surface area contributed by atoms with Crippen molar-refractivity contribution in [1.29, 1.82) is 0 Å². The fraction of sp³-hybridized carbons (Fsp3) is 0. The van der Waals surface area contributed by atoms with E-state index in [1.807, 2.05) is 48.7 Å². The fourth-order valence-electron chi connectivity index (χ4n) is 5.65. The maximum Gasteiger partial charge on any atom is 0.0973 e. The molecule has 8 rings (SSSR count). The summed E-state index contributed by atoms with van der Waals surface area (Å²) in [6.45, 7) is 0. The number of aromatic nitrogens is 4. The summed E-state index contributed by atoms with van der Waals surface area (Å²) in [6.07, 6.45) is 1.83. The molecule has 0 aliphatic carbocycles. The molecular weight excluding hydrogens is 512 g/mol. The van der Waals surface area contributed by atoms with Gasteiger partial charge in [0.15, 0.2) is 0 Å². The van der Waals surface area contributed by atoms with Crippen molar-refractivity contribution in [3.8, 4) is 44.9 Å².